The van der Waals surface area contributed by atoms with Gasteiger partial charge in [0.15, 0.2) is 24.3 Å². The molecular formula is C33H56N2O3+2. The minimum atomic E-state index is -0.562. The van der Waals surface area contributed by atoms with Gasteiger partial charge in [-0.3, -0.25) is 9.59 Å². The molecule has 0 bridgehead atoms. The Hall–Kier alpha value is -2.56. The standard InChI is InChI=1S/C16H28N.C13H22N.C4H6O3/c1-3-5-7-8-10-14-17-15-11-9-13-16(17)12-6-4-2;1-3-4-5-6-7-10-14-11-8-9-13(2)12-14;1-3(5)7-4(2)6/h9,11,13,15H,3-8,10,12,14H2,1-2H3;8-9,11-12H,3-7,10H2,1-2H3;1-2H3/q2*+1;. The van der Waals surface area contributed by atoms with Crippen LogP contribution < -0.4 is 9.13 Å². The highest BCUT2D eigenvalue weighted by Gasteiger charge is 2.08. The molecule has 0 radical (unpaired) electrons. The minimum Gasteiger partial charge on any atom is -0.394 e. The lowest BCUT2D eigenvalue weighted by Gasteiger charge is -2.03. The molecule has 2 aromatic heterocycles. The van der Waals surface area contributed by atoms with Crippen LogP contribution in [0.5, 0.6) is 0 Å². The Balaban J connectivity index is 0.000000587. The summed E-state index contributed by atoms with van der Waals surface area (Å²) >= 11 is 0. The van der Waals surface area contributed by atoms with Crippen LogP contribution in [0.2, 0.25) is 0 Å². The fraction of sp³-hybridized carbons (Fsp3) is 0.636. The zero-order valence-electron chi connectivity index (χ0n) is 25.3. The summed E-state index contributed by atoms with van der Waals surface area (Å²) in [6, 6.07) is 10.9. The van der Waals surface area contributed by atoms with Crippen LogP contribution in [0.4, 0.5) is 0 Å². The fourth-order valence-electron chi connectivity index (χ4n) is 4.09. The number of aromatic nitrogens is 2. The third kappa shape index (κ3) is 21.5. The molecule has 0 saturated heterocycles. The first kappa shape index (κ1) is 35.4. The van der Waals surface area contributed by atoms with Crippen LogP contribution in [-0.4, -0.2) is 11.9 Å². The van der Waals surface area contributed by atoms with Crippen LogP contribution in [0.1, 0.15) is 123 Å². The Morgan fingerprint density at radius 2 is 1.26 bits per heavy atom. The van der Waals surface area contributed by atoms with Crippen LogP contribution in [0.3, 0.4) is 0 Å². The molecule has 0 aliphatic heterocycles. The largest absolute Gasteiger partial charge is 0.394 e. The average Bonchev–Trinajstić information content (AvgIpc) is 2.88. The van der Waals surface area contributed by atoms with E-state index in [4.69, 9.17) is 0 Å². The molecule has 2 heterocycles. The van der Waals surface area contributed by atoms with Gasteiger partial charge >= 0.3 is 11.9 Å². The third-order valence-electron chi connectivity index (χ3n) is 6.14. The molecule has 38 heavy (non-hydrogen) atoms. The number of aryl methyl sites for hydroxylation is 4. The molecule has 0 amide bonds. The molecule has 214 valence electrons. The van der Waals surface area contributed by atoms with Crippen molar-refractivity contribution in [2.75, 3.05) is 0 Å². The third-order valence-corrected chi connectivity index (χ3v) is 6.14. The first-order valence-electron chi connectivity index (χ1n) is 15.0. The maximum absolute atomic E-state index is 9.81. The van der Waals surface area contributed by atoms with E-state index in [9.17, 15) is 9.59 Å². The van der Waals surface area contributed by atoms with E-state index < -0.39 is 11.9 Å². The van der Waals surface area contributed by atoms with Gasteiger partial charge in [-0.05, 0) is 32.3 Å². The van der Waals surface area contributed by atoms with Gasteiger partial charge in [-0.1, -0.05) is 71.8 Å². The van der Waals surface area contributed by atoms with Gasteiger partial charge in [0.1, 0.15) is 13.1 Å². The predicted molar refractivity (Wildman–Crippen MR) is 157 cm³/mol. The van der Waals surface area contributed by atoms with E-state index in [0.29, 0.717) is 0 Å². The van der Waals surface area contributed by atoms with Crippen molar-refractivity contribution in [2.45, 2.75) is 138 Å². The van der Waals surface area contributed by atoms with E-state index in [2.05, 4.69) is 90.5 Å². The molecule has 5 heteroatoms. The van der Waals surface area contributed by atoms with E-state index in [-0.39, 0.29) is 0 Å². The monoisotopic (exact) mass is 528 g/mol. The van der Waals surface area contributed by atoms with Gasteiger partial charge < -0.3 is 4.74 Å². The normalized spacial score (nSPS) is 10.1. The van der Waals surface area contributed by atoms with Crippen molar-refractivity contribution < 1.29 is 23.5 Å². The SMILES string of the molecule is CC(=O)OC(C)=O.CCCCCCC[n+]1cccc(C)c1.CCCCCCC[n+]1ccccc1CCCC. The summed E-state index contributed by atoms with van der Waals surface area (Å²) in [5, 5.41) is 0. The zero-order chi connectivity index (χ0) is 28.4. The number of carbonyl (C=O) groups is 2. The van der Waals surface area contributed by atoms with Crippen molar-refractivity contribution in [3.8, 4) is 0 Å². The number of esters is 2. The summed E-state index contributed by atoms with van der Waals surface area (Å²) in [6.07, 6.45) is 24.1. The van der Waals surface area contributed by atoms with Gasteiger partial charge in [-0.2, -0.15) is 0 Å². The lowest BCUT2D eigenvalue weighted by Crippen LogP contribution is -2.37. The molecule has 0 fully saturated rings. The first-order valence-corrected chi connectivity index (χ1v) is 15.0. The van der Waals surface area contributed by atoms with Crippen molar-refractivity contribution in [2.24, 2.45) is 0 Å². The number of hydrogen-bond acceptors (Lipinski definition) is 3. The summed E-state index contributed by atoms with van der Waals surface area (Å²) in [4.78, 5) is 19.6. The lowest BCUT2D eigenvalue weighted by atomic mass is 10.1. The van der Waals surface area contributed by atoms with Crippen LogP contribution in [0.25, 0.3) is 0 Å². The highest BCUT2D eigenvalue weighted by molar-refractivity contribution is 5.82. The molecular weight excluding hydrogens is 472 g/mol. The summed E-state index contributed by atoms with van der Waals surface area (Å²) in [7, 11) is 0. The molecule has 0 atom stereocenters. The molecule has 0 aromatic carbocycles. The van der Waals surface area contributed by atoms with Gasteiger partial charge in [0.2, 0.25) is 0 Å². The van der Waals surface area contributed by atoms with E-state index in [1.807, 2.05) is 0 Å². The van der Waals surface area contributed by atoms with Gasteiger partial charge in [-0.15, -0.1) is 0 Å². The highest BCUT2D eigenvalue weighted by atomic mass is 16.6. The number of rotatable bonds is 15. The van der Waals surface area contributed by atoms with Gasteiger partial charge in [-0.25, -0.2) is 9.13 Å². The smallest absolute Gasteiger partial charge is 0.310 e. The second kappa shape index (κ2) is 24.8. The second-order valence-corrected chi connectivity index (χ2v) is 10.0. The summed E-state index contributed by atoms with van der Waals surface area (Å²) < 4.78 is 8.71. The zero-order valence-corrected chi connectivity index (χ0v) is 25.3. The van der Waals surface area contributed by atoms with Crippen molar-refractivity contribution in [3.63, 3.8) is 0 Å². The predicted octanol–water partition coefficient (Wildman–Crippen LogP) is 7.64. The quantitative estimate of drug-likeness (QED) is 0.103. The van der Waals surface area contributed by atoms with E-state index in [1.165, 1.54) is 122 Å². The van der Waals surface area contributed by atoms with Crippen LogP contribution >= 0.6 is 0 Å². The van der Waals surface area contributed by atoms with Crippen LogP contribution in [-0.2, 0) is 33.8 Å². The van der Waals surface area contributed by atoms with Crippen LogP contribution in [0, 0.1) is 6.92 Å². The second-order valence-electron chi connectivity index (χ2n) is 10.0. The van der Waals surface area contributed by atoms with Crippen molar-refractivity contribution >= 4 is 11.9 Å². The van der Waals surface area contributed by atoms with Gasteiger partial charge in [0, 0.05) is 56.9 Å². The van der Waals surface area contributed by atoms with Gasteiger partial charge in [0.05, 0.1) is 0 Å². The molecule has 0 N–H and O–H groups in total. The summed E-state index contributed by atoms with van der Waals surface area (Å²) in [5.74, 6) is -1.12. The highest BCUT2D eigenvalue weighted by Crippen LogP contribution is 2.04. The maximum atomic E-state index is 9.81. The lowest BCUT2D eigenvalue weighted by molar-refractivity contribution is -0.704. The molecule has 2 aromatic rings. The molecule has 2 rings (SSSR count). The van der Waals surface area contributed by atoms with Crippen molar-refractivity contribution in [1.29, 1.82) is 0 Å². The Morgan fingerprint density at radius 1 is 0.684 bits per heavy atom. The Morgan fingerprint density at radius 3 is 1.79 bits per heavy atom. The Labute approximate surface area is 233 Å². The number of ether oxygens (including phenoxy) is 1. The number of carbonyl (C=O) groups excluding carboxylic acids is 2. The number of pyridine rings is 2. The Kier molecular flexibility index (Phi) is 23.1. The van der Waals surface area contributed by atoms with Crippen molar-refractivity contribution in [3.05, 3.63) is 60.2 Å². The number of nitrogens with zero attached hydrogens (tertiary/aromatic N) is 2. The molecule has 5 nitrogen and oxygen atoms in total. The van der Waals surface area contributed by atoms with Crippen molar-refractivity contribution in [1.82, 2.24) is 0 Å². The molecule has 0 saturated carbocycles. The van der Waals surface area contributed by atoms with Gasteiger partial charge in [0.25, 0.3) is 0 Å². The summed E-state index contributed by atoms with van der Waals surface area (Å²) in [5.41, 5.74) is 2.85. The number of unbranched alkanes of at least 4 members (excludes halogenated alkanes) is 9. The maximum Gasteiger partial charge on any atom is 0.310 e. The fourth-order valence-corrected chi connectivity index (χ4v) is 4.09. The Bertz CT molecular complexity index is 855. The number of hydrogen-bond donors (Lipinski definition) is 0. The summed E-state index contributed by atoms with van der Waals surface area (Å²) in [6.45, 7) is 13.7. The first-order chi connectivity index (χ1) is 18.3. The average molecular weight is 529 g/mol. The van der Waals surface area contributed by atoms with Crippen LogP contribution in [0.15, 0.2) is 48.9 Å². The molecule has 0 unspecified atom stereocenters. The minimum absolute atomic E-state index is 0.562. The van der Waals surface area contributed by atoms with E-state index in [0.717, 1.165) is 0 Å². The van der Waals surface area contributed by atoms with E-state index >= 15 is 0 Å². The molecule has 0 spiro atoms. The van der Waals surface area contributed by atoms with E-state index in [1.54, 1.807) is 0 Å². The molecule has 0 aliphatic carbocycles. The molecule has 0 aliphatic rings. The topological polar surface area (TPSA) is 51.1 Å².